The summed E-state index contributed by atoms with van der Waals surface area (Å²) in [4.78, 5) is 29.4. The predicted octanol–water partition coefficient (Wildman–Crippen LogP) is 0.628. The van der Waals surface area contributed by atoms with Crippen LogP contribution in [-0.4, -0.2) is 70.2 Å². The zero-order chi connectivity index (χ0) is 17.5. The molecule has 0 aliphatic carbocycles. The van der Waals surface area contributed by atoms with E-state index in [4.69, 9.17) is 5.11 Å². The molecule has 0 radical (unpaired) electrons. The first-order valence-electron chi connectivity index (χ1n) is 8.40. The normalized spacial score (nSPS) is 14.9. The van der Waals surface area contributed by atoms with Crippen molar-refractivity contribution >= 4 is 17.7 Å². The van der Waals surface area contributed by atoms with Crippen molar-refractivity contribution in [1.82, 2.24) is 19.9 Å². The van der Waals surface area contributed by atoms with Crippen LogP contribution in [-0.2, 0) is 0 Å². The van der Waals surface area contributed by atoms with E-state index in [0.717, 1.165) is 13.0 Å². The second-order valence-corrected chi connectivity index (χ2v) is 5.76. The zero-order valence-corrected chi connectivity index (χ0v) is 14.0. The van der Waals surface area contributed by atoms with Crippen molar-refractivity contribution in [3.63, 3.8) is 0 Å². The summed E-state index contributed by atoms with van der Waals surface area (Å²) < 4.78 is 0. The average Bonchev–Trinajstić information content (AvgIpc) is 2.93. The number of anilines is 2. The Morgan fingerprint density at radius 2 is 1.96 bits per heavy atom. The van der Waals surface area contributed by atoms with Gasteiger partial charge < -0.3 is 20.2 Å². The number of aliphatic hydroxyl groups is 1. The first kappa shape index (κ1) is 17.1. The van der Waals surface area contributed by atoms with Gasteiger partial charge in [-0.15, -0.1) is 0 Å². The molecule has 1 aliphatic heterocycles. The number of hydrogen-bond acceptors (Lipinski definition) is 7. The number of aliphatic hydroxyl groups excluding tert-OH is 1. The number of aromatic nitrogens is 3. The minimum absolute atomic E-state index is 0.0166. The topological polar surface area (TPSA) is 94.5 Å². The van der Waals surface area contributed by atoms with E-state index in [1.807, 2.05) is 4.90 Å². The maximum absolute atomic E-state index is 12.7. The Morgan fingerprint density at radius 3 is 2.68 bits per heavy atom. The van der Waals surface area contributed by atoms with Gasteiger partial charge in [-0.1, -0.05) is 0 Å². The Kier molecular flexibility index (Phi) is 5.73. The van der Waals surface area contributed by atoms with E-state index in [1.54, 1.807) is 36.8 Å². The molecule has 25 heavy (non-hydrogen) atoms. The van der Waals surface area contributed by atoms with Crippen molar-refractivity contribution in [2.24, 2.45) is 0 Å². The molecular formula is C17H22N6O2. The Balaban J connectivity index is 1.61. The lowest BCUT2D eigenvalue weighted by Gasteiger charge is -2.22. The molecule has 1 fully saturated rings. The standard InChI is InChI=1S/C17H22N6O2/c24-12-7-18-15-4-3-14(13-21-15)16(25)22-8-2-9-23(11-10-22)17-19-5-1-6-20-17/h1,3-6,13,24H,2,7-12H2,(H,18,21). The summed E-state index contributed by atoms with van der Waals surface area (Å²) in [5, 5.41) is 11.8. The second kappa shape index (κ2) is 8.39. The monoisotopic (exact) mass is 342 g/mol. The molecular weight excluding hydrogens is 320 g/mol. The SMILES string of the molecule is O=C(c1ccc(NCCO)nc1)N1CCCN(c2ncccn2)CC1. The third-order valence-corrected chi connectivity index (χ3v) is 4.05. The molecule has 0 atom stereocenters. The minimum Gasteiger partial charge on any atom is -0.395 e. The summed E-state index contributed by atoms with van der Waals surface area (Å²) >= 11 is 0. The molecule has 8 heteroatoms. The molecule has 3 rings (SSSR count). The van der Waals surface area contributed by atoms with Crippen molar-refractivity contribution < 1.29 is 9.90 Å². The molecule has 2 aromatic heterocycles. The highest BCUT2D eigenvalue weighted by Gasteiger charge is 2.21. The highest BCUT2D eigenvalue weighted by Crippen LogP contribution is 2.13. The predicted molar refractivity (Wildman–Crippen MR) is 94.6 cm³/mol. The molecule has 0 saturated carbocycles. The number of hydrogen-bond donors (Lipinski definition) is 2. The molecule has 1 aliphatic rings. The molecule has 8 nitrogen and oxygen atoms in total. The average molecular weight is 342 g/mol. The fourth-order valence-electron chi connectivity index (χ4n) is 2.77. The van der Waals surface area contributed by atoms with E-state index in [1.165, 1.54) is 0 Å². The van der Waals surface area contributed by atoms with Crippen LogP contribution >= 0.6 is 0 Å². The maximum atomic E-state index is 12.7. The van der Waals surface area contributed by atoms with Crippen LogP contribution < -0.4 is 10.2 Å². The first-order valence-corrected chi connectivity index (χ1v) is 8.40. The van der Waals surface area contributed by atoms with Crippen LogP contribution in [0.4, 0.5) is 11.8 Å². The number of carbonyl (C=O) groups is 1. The molecule has 2 aromatic rings. The number of pyridine rings is 1. The number of nitrogens with one attached hydrogen (secondary N) is 1. The Labute approximate surface area is 146 Å². The van der Waals surface area contributed by atoms with E-state index < -0.39 is 0 Å². The van der Waals surface area contributed by atoms with Crippen molar-refractivity contribution in [1.29, 1.82) is 0 Å². The smallest absolute Gasteiger partial charge is 0.255 e. The van der Waals surface area contributed by atoms with Crippen LogP contribution in [0.25, 0.3) is 0 Å². The summed E-state index contributed by atoms with van der Waals surface area (Å²) in [7, 11) is 0. The molecule has 0 bridgehead atoms. The van der Waals surface area contributed by atoms with Gasteiger partial charge in [-0.3, -0.25) is 4.79 Å². The number of carbonyl (C=O) groups excluding carboxylic acids is 1. The maximum Gasteiger partial charge on any atom is 0.255 e. The fraction of sp³-hybridized carbons (Fsp3) is 0.412. The highest BCUT2D eigenvalue weighted by molar-refractivity contribution is 5.94. The van der Waals surface area contributed by atoms with Gasteiger partial charge in [0.1, 0.15) is 5.82 Å². The summed E-state index contributed by atoms with van der Waals surface area (Å²) in [5.74, 6) is 1.34. The lowest BCUT2D eigenvalue weighted by atomic mass is 10.2. The van der Waals surface area contributed by atoms with Crippen LogP contribution in [0.5, 0.6) is 0 Å². The van der Waals surface area contributed by atoms with Crippen molar-refractivity contribution in [2.45, 2.75) is 6.42 Å². The van der Waals surface area contributed by atoms with Crippen LogP contribution in [0, 0.1) is 0 Å². The summed E-state index contributed by atoms with van der Waals surface area (Å²) in [6.07, 6.45) is 5.90. The van der Waals surface area contributed by atoms with Crippen molar-refractivity contribution in [2.75, 3.05) is 49.5 Å². The van der Waals surface area contributed by atoms with Gasteiger partial charge in [0, 0.05) is 51.3 Å². The van der Waals surface area contributed by atoms with Gasteiger partial charge in [-0.05, 0) is 24.6 Å². The van der Waals surface area contributed by atoms with Crippen LogP contribution in [0.3, 0.4) is 0 Å². The van der Waals surface area contributed by atoms with Crippen LogP contribution in [0.2, 0.25) is 0 Å². The molecule has 2 N–H and O–H groups in total. The minimum atomic E-state index is -0.0166. The van der Waals surface area contributed by atoms with Gasteiger partial charge in [0.15, 0.2) is 0 Å². The lowest BCUT2D eigenvalue weighted by molar-refractivity contribution is 0.0766. The van der Waals surface area contributed by atoms with E-state index in [9.17, 15) is 4.79 Å². The molecule has 0 spiro atoms. The van der Waals surface area contributed by atoms with Gasteiger partial charge in [-0.25, -0.2) is 15.0 Å². The van der Waals surface area contributed by atoms with E-state index in [2.05, 4.69) is 25.2 Å². The summed E-state index contributed by atoms with van der Waals surface area (Å²) in [6.45, 7) is 3.34. The van der Waals surface area contributed by atoms with Crippen molar-refractivity contribution in [3.05, 3.63) is 42.4 Å². The third kappa shape index (κ3) is 4.42. The number of rotatable bonds is 5. The van der Waals surface area contributed by atoms with Crippen molar-refractivity contribution in [3.8, 4) is 0 Å². The first-order chi connectivity index (χ1) is 12.3. The molecule has 1 saturated heterocycles. The summed E-state index contributed by atoms with van der Waals surface area (Å²) in [6, 6.07) is 5.31. The van der Waals surface area contributed by atoms with Gasteiger partial charge >= 0.3 is 0 Å². The summed E-state index contributed by atoms with van der Waals surface area (Å²) in [5.41, 5.74) is 0.568. The lowest BCUT2D eigenvalue weighted by Crippen LogP contribution is -2.35. The quantitative estimate of drug-likeness (QED) is 0.823. The van der Waals surface area contributed by atoms with Gasteiger partial charge in [-0.2, -0.15) is 0 Å². The molecule has 1 amide bonds. The fourth-order valence-corrected chi connectivity index (χ4v) is 2.77. The van der Waals surface area contributed by atoms with Crippen LogP contribution in [0.1, 0.15) is 16.8 Å². The number of nitrogens with zero attached hydrogens (tertiary/aromatic N) is 5. The third-order valence-electron chi connectivity index (χ3n) is 4.05. The van der Waals surface area contributed by atoms with Gasteiger partial charge in [0.05, 0.1) is 12.2 Å². The van der Waals surface area contributed by atoms with E-state index in [-0.39, 0.29) is 12.5 Å². The molecule has 0 unspecified atom stereocenters. The largest absolute Gasteiger partial charge is 0.395 e. The van der Waals surface area contributed by atoms with Crippen LogP contribution in [0.15, 0.2) is 36.8 Å². The number of amides is 1. The Bertz CT molecular complexity index is 679. The molecule has 132 valence electrons. The Hall–Kier alpha value is -2.74. The second-order valence-electron chi connectivity index (χ2n) is 5.76. The van der Waals surface area contributed by atoms with E-state index >= 15 is 0 Å². The highest BCUT2D eigenvalue weighted by atomic mass is 16.3. The van der Waals surface area contributed by atoms with E-state index in [0.29, 0.717) is 43.5 Å². The van der Waals surface area contributed by atoms with Gasteiger partial charge in [0.25, 0.3) is 5.91 Å². The molecule has 0 aromatic carbocycles. The molecule has 3 heterocycles. The van der Waals surface area contributed by atoms with Gasteiger partial charge in [0.2, 0.25) is 5.95 Å². The zero-order valence-electron chi connectivity index (χ0n) is 14.0. The Morgan fingerprint density at radius 1 is 1.12 bits per heavy atom.